The third-order valence-electron chi connectivity index (χ3n) is 6.33. The van der Waals surface area contributed by atoms with E-state index in [0.29, 0.717) is 5.92 Å². The zero-order valence-corrected chi connectivity index (χ0v) is 15.7. The number of fused-ring (bicyclic) bond motifs is 1. The number of rotatable bonds is 4. The van der Waals surface area contributed by atoms with Crippen LogP contribution >= 0.6 is 0 Å². The zero-order valence-electron chi connectivity index (χ0n) is 15.7. The van der Waals surface area contributed by atoms with E-state index < -0.39 is 0 Å². The summed E-state index contributed by atoms with van der Waals surface area (Å²) < 4.78 is 0. The van der Waals surface area contributed by atoms with Gasteiger partial charge in [0.25, 0.3) is 0 Å². The average molecular weight is 341 g/mol. The topological polar surface area (TPSA) is 25.5 Å². The molecular weight excluding hydrogens is 308 g/mol. The number of nitrogens with one attached hydrogen (secondary N) is 1. The van der Waals surface area contributed by atoms with Gasteiger partial charge in [0, 0.05) is 42.8 Å². The number of nitrogens with zero attached hydrogens (tertiary/aromatic N) is 3. The van der Waals surface area contributed by atoms with Crippen molar-refractivity contribution < 1.29 is 0 Å². The molecule has 4 heteroatoms. The summed E-state index contributed by atoms with van der Waals surface area (Å²) in [5.74, 6) is 0.698. The number of aromatic nitrogens is 1. The third kappa shape index (κ3) is 3.48. The number of likely N-dealkylation sites (tertiary alicyclic amines) is 1. The third-order valence-corrected chi connectivity index (χ3v) is 6.33. The molecule has 0 atom stereocenters. The summed E-state index contributed by atoms with van der Waals surface area (Å²) in [6, 6.07) is 9.47. The fraction of sp³-hybridized carbons (Fsp3) is 0.619. The van der Waals surface area contributed by atoms with Crippen molar-refractivity contribution in [3.8, 4) is 0 Å². The second-order valence-corrected chi connectivity index (χ2v) is 7.81. The SMILES string of the molecule is CCN(C1CCN(C)CC1)N1CCC(c2c[nH]c3ccccc23)CC1. The van der Waals surface area contributed by atoms with E-state index in [4.69, 9.17) is 0 Å². The van der Waals surface area contributed by atoms with E-state index in [2.05, 4.69) is 64.3 Å². The number of piperidine rings is 2. The lowest BCUT2D eigenvalue weighted by Gasteiger charge is -2.45. The maximum absolute atomic E-state index is 3.46. The summed E-state index contributed by atoms with van der Waals surface area (Å²) in [7, 11) is 2.25. The van der Waals surface area contributed by atoms with Crippen LogP contribution in [0, 0.1) is 0 Å². The molecule has 0 radical (unpaired) electrons. The highest BCUT2D eigenvalue weighted by Crippen LogP contribution is 2.34. The van der Waals surface area contributed by atoms with Crippen LogP contribution in [-0.4, -0.2) is 65.7 Å². The van der Waals surface area contributed by atoms with E-state index in [0.717, 1.165) is 12.6 Å². The first-order valence-electron chi connectivity index (χ1n) is 10.0. The van der Waals surface area contributed by atoms with Crippen molar-refractivity contribution >= 4 is 10.9 Å². The Bertz CT molecular complexity index is 678. The Morgan fingerprint density at radius 1 is 1.04 bits per heavy atom. The summed E-state index contributed by atoms with van der Waals surface area (Å²) in [5.41, 5.74) is 2.80. The lowest BCUT2D eigenvalue weighted by molar-refractivity contribution is -0.0849. The minimum atomic E-state index is 0.698. The monoisotopic (exact) mass is 340 g/mol. The summed E-state index contributed by atoms with van der Waals surface area (Å²) in [6.07, 6.45) is 7.41. The van der Waals surface area contributed by atoms with Gasteiger partial charge in [-0.3, -0.25) is 0 Å². The van der Waals surface area contributed by atoms with Crippen LogP contribution < -0.4 is 0 Å². The predicted octanol–water partition coefficient (Wildman–Crippen LogP) is 3.68. The number of H-pyrrole nitrogens is 1. The largest absolute Gasteiger partial charge is 0.361 e. The van der Waals surface area contributed by atoms with Gasteiger partial charge in [-0.15, -0.1) is 0 Å². The van der Waals surface area contributed by atoms with Gasteiger partial charge >= 0.3 is 0 Å². The minimum Gasteiger partial charge on any atom is -0.361 e. The molecule has 2 saturated heterocycles. The molecule has 1 aromatic carbocycles. The molecule has 4 rings (SSSR count). The molecular formula is C21H32N4. The van der Waals surface area contributed by atoms with Crippen molar-refractivity contribution in [2.45, 2.75) is 44.6 Å². The molecule has 1 aromatic heterocycles. The smallest absolute Gasteiger partial charge is 0.0456 e. The number of benzene rings is 1. The first-order valence-corrected chi connectivity index (χ1v) is 10.0. The Hall–Kier alpha value is -1.36. The lowest BCUT2D eigenvalue weighted by Crippen LogP contribution is -2.54. The van der Waals surface area contributed by atoms with Crippen molar-refractivity contribution in [1.82, 2.24) is 19.9 Å². The van der Waals surface area contributed by atoms with Crippen LogP contribution in [0.15, 0.2) is 30.5 Å². The summed E-state index contributed by atoms with van der Waals surface area (Å²) in [4.78, 5) is 5.92. The summed E-state index contributed by atoms with van der Waals surface area (Å²) >= 11 is 0. The average Bonchev–Trinajstić information content (AvgIpc) is 3.09. The number of para-hydroxylation sites is 1. The zero-order chi connectivity index (χ0) is 17.2. The highest BCUT2D eigenvalue weighted by Gasteiger charge is 2.30. The van der Waals surface area contributed by atoms with E-state index >= 15 is 0 Å². The van der Waals surface area contributed by atoms with E-state index in [1.165, 1.54) is 68.3 Å². The fourth-order valence-corrected chi connectivity index (χ4v) is 4.85. The quantitative estimate of drug-likeness (QED) is 0.919. The van der Waals surface area contributed by atoms with Crippen molar-refractivity contribution in [2.75, 3.05) is 39.8 Å². The second-order valence-electron chi connectivity index (χ2n) is 7.81. The van der Waals surface area contributed by atoms with Gasteiger partial charge in [-0.2, -0.15) is 0 Å². The van der Waals surface area contributed by atoms with Gasteiger partial charge in [0.1, 0.15) is 0 Å². The molecule has 1 N–H and O–H groups in total. The predicted molar refractivity (Wildman–Crippen MR) is 105 cm³/mol. The Kier molecular flexibility index (Phi) is 5.11. The van der Waals surface area contributed by atoms with Gasteiger partial charge in [0.05, 0.1) is 0 Å². The maximum Gasteiger partial charge on any atom is 0.0456 e. The van der Waals surface area contributed by atoms with Gasteiger partial charge in [0.15, 0.2) is 0 Å². The second kappa shape index (κ2) is 7.48. The van der Waals surface area contributed by atoms with E-state index in [1.54, 1.807) is 0 Å². The van der Waals surface area contributed by atoms with Crippen molar-refractivity contribution in [3.05, 3.63) is 36.0 Å². The molecule has 0 aliphatic carbocycles. The van der Waals surface area contributed by atoms with Crippen LogP contribution in [-0.2, 0) is 0 Å². The van der Waals surface area contributed by atoms with E-state index in [9.17, 15) is 0 Å². The van der Waals surface area contributed by atoms with Crippen molar-refractivity contribution in [3.63, 3.8) is 0 Å². The molecule has 0 unspecified atom stereocenters. The van der Waals surface area contributed by atoms with E-state index in [-0.39, 0.29) is 0 Å². The highest BCUT2D eigenvalue weighted by molar-refractivity contribution is 5.83. The van der Waals surface area contributed by atoms with Gasteiger partial charge in [-0.1, -0.05) is 25.1 Å². The van der Waals surface area contributed by atoms with Crippen LogP contribution in [0.3, 0.4) is 0 Å². The molecule has 136 valence electrons. The molecule has 0 amide bonds. The Balaban J connectivity index is 1.40. The lowest BCUT2D eigenvalue weighted by atomic mass is 9.89. The standard InChI is InChI=1S/C21H32N4/c1-3-25(18-10-12-23(2)13-11-18)24-14-8-17(9-15-24)20-16-22-21-7-5-4-6-19(20)21/h4-7,16-18,22H,3,8-15H2,1-2H3. The van der Waals surface area contributed by atoms with Crippen LogP contribution in [0.1, 0.15) is 44.1 Å². The van der Waals surface area contributed by atoms with Crippen LogP contribution in [0.4, 0.5) is 0 Å². The number of hydrazine groups is 1. The van der Waals surface area contributed by atoms with Crippen LogP contribution in [0.5, 0.6) is 0 Å². The molecule has 2 aromatic rings. The highest BCUT2D eigenvalue weighted by atomic mass is 15.6. The summed E-state index contributed by atoms with van der Waals surface area (Å²) in [5, 5.41) is 6.75. The Morgan fingerprint density at radius 2 is 1.76 bits per heavy atom. The van der Waals surface area contributed by atoms with E-state index in [1.807, 2.05) is 0 Å². The van der Waals surface area contributed by atoms with Crippen molar-refractivity contribution in [1.29, 1.82) is 0 Å². The Labute approximate surface area is 151 Å². The molecule has 0 bridgehead atoms. The molecule has 0 saturated carbocycles. The van der Waals surface area contributed by atoms with Crippen LogP contribution in [0.25, 0.3) is 10.9 Å². The molecule has 4 nitrogen and oxygen atoms in total. The molecule has 2 aliphatic rings. The molecule has 25 heavy (non-hydrogen) atoms. The van der Waals surface area contributed by atoms with Gasteiger partial charge in [-0.05, 0) is 63.4 Å². The first-order chi connectivity index (χ1) is 12.3. The maximum atomic E-state index is 3.46. The van der Waals surface area contributed by atoms with Gasteiger partial charge in [0.2, 0.25) is 0 Å². The minimum absolute atomic E-state index is 0.698. The molecule has 2 fully saturated rings. The number of hydrogen-bond donors (Lipinski definition) is 1. The van der Waals surface area contributed by atoms with Gasteiger partial charge in [-0.25, -0.2) is 10.0 Å². The number of aromatic amines is 1. The molecule has 0 spiro atoms. The summed E-state index contributed by atoms with van der Waals surface area (Å²) in [6.45, 7) is 8.35. The molecule has 3 heterocycles. The number of hydrogen-bond acceptors (Lipinski definition) is 3. The Morgan fingerprint density at radius 3 is 2.48 bits per heavy atom. The first kappa shape index (κ1) is 17.1. The van der Waals surface area contributed by atoms with Gasteiger partial charge < -0.3 is 9.88 Å². The molecule has 2 aliphatic heterocycles. The van der Waals surface area contributed by atoms with Crippen LogP contribution in [0.2, 0.25) is 0 Å². The fourth-order valence-electron chi connectivity index (χ4n) is 4.85. The van der Waals surface area contributed by atoms with Crippen molar-refractivity contribution in [2.24, 2.45) is 0 Å². The normalized spacial score (nSPS) is 22.2.